The highest BCUT2D eigenvalue weighted by atomic mass is 16.5. The molecule has 5 nitrogen and oxygen atoms in total. The molecule has 0 saturated carbocycles. The lowest BCUT2D eigenvalue weighted by Crippen LogP contribution is -2.38. The van der Waals surface area contributed by atoms with Gasteiger partial charge in [-0.3, -0.25) is 9.59 Å². The fourth-order valence-corrected chi connectivity index (χ4v) is 2.30. The minimum absolute atomic E-state index is 0.0350. The SMILES string of the molecule is CCCCCN(CCNC(=O)Cc1ccc(OC)cc1)C(C)=O. The summed E-state index contributed by atoms with van der Waals surface area (Å²) >= 11 is 0. The lowest BCUT2D eigenvalue weighted by atomic mass is 10.1. The van der Waals surface area contributed by atoms with Gasteiger partial charge in [-0.1, -0.05) is 31.9 Å². The summed E-state index contributed by atoms with van der Waals surface area (Å²) in [6.45, 7) is 5.52. The number of nitrogens with zero attached hydrogens (tertiary/aromatic N) is 1. The Morgan fingerprint density at radius 1 is 1.13 bits per heavy atom. The van der Waals surface area contributed by atoms with Gasteiger partial charge in [0.1, 0.15) is 5.75 Å². The van der Waals surface area contributed by atoms with E-state index >= 15 is 0 Å². The molecule has 0 spiro atoms. The molecular weight excluding hydrogens is 292 g/mol. The van der Waals surface area contributed by atoms with Crippen LogP contribution in [0.1, 0.15) is 38.7 Å². The van der Waals surface area contributed by atoms with Gasteiger partial charge in [0.15, 0.2) is 0 Å². The third kappa shape index (κ3) is 7.68. The Kier molecular flexibility index (Phi) is 8.80. The van der Waals surface area contributed by atoms with Crippen LogP contribution in [0.5, 0.6) is 5.75 Å². The van der Waals surface area contributed by atoms with E-state index in [2.05, 4.69) is 12.2 Å². The topological polar surface area (TPSA) is 58.6 Å². The summed E-state index contributed by atoms with van der Waals surface area (Å²) in [7, 11) is 1.61. The molecule has 1 rings (SSSR count). The maximum atomic E-state index is 11.9. The maximum absolute atomic E-state index is 11.9. The van der Waals surface area contributed by atoms with Crippen LogP contribution in [0.15, 0.2) is 24.3 Å². The number of methoxy groups -OCH3 is 1. The summed E-state index contributed by atoms with van der Waals surface area (Å²) in [5, 5.41) is 2.87. The molecule has 0 saturated heterocycles. The van der Waals surface area contributed by atoms with Crippen molar-refractivity contribution in [2.75, 3.05) is 26.7 Å². The third-order valence-corrected chi connectivity index (χ3v) is 3.70. The Labute approximate surface area is 139 Å². The molecule has 0 unspecified atom stereocenters. The summed E-state index contributed by atoms with van der Waals surface area (Å²) in [5.41, 5.74) is 0.940. The first-order valence-electron chi connectivity index (χ1n) is 8.22. The van der Waals surface area contributed by atoms with Crippen LogP contribution in [0.3, 0.4) is 0 Å². The molecule has 1 aromatic carbocycles. The molecule has 2 amide bonds. The molecule has 0 heterocycles. The summed E-state index contributed by atoms with van der Waals surface area (Å²) < 4.78 is 5.09. The first-order chi connectivity index (χ1) is 11.1. The van der Waals surface area contributed by atoms with Gasteiger partial charge < -0.3 is 15.0 Å². The average molecular weight is 320 g/mol. The number of benzene rings is 1. The van der Waals surface area contributed by atoms with Gasteiger partial charge in [0.05, 0.1) is 13.5 Å². The number of unbranched alkanes of at least 4 members (excludes halogenated alkanes) is 2. The molecule has 1 aromatic rings. The van der Waals surface area contributed by atoms with E-state index in [-0.39, 0.29) is 11.8 Å². The van der Waals surface area contributed by atoms with E-state index in [0.29, 0.717) is 19.5 Å². The molecule has 128 valence electrons. The molecule has 0 atom stereocenters. The average Bonchev–Trinajstić information content (AvgIpc) is 2.54. The molecule has 1 N–H and O–H groups in total. The first-order valence-corrected chi connectivity index (χ1v) is 8.22. The van der Waals surface area contributed by atoms with Crippen LogP contribution in [-0.2, 0) is 16.0 Å². The standard InChI is InChI=1S/C18H28N2O3/c1-4-5-6-12-20(15(2)21)13-11-19-18(22)14-16-7-9-17(23-3)10-8-16/h7-10H,4-6,11-14H2,1-3H3,(H,19,22). The zero-order chi connectivity index (χ0) is 17.1. The van der Waals surface area contributed by atoms with Gasteiger partial charge in [0, 0.05) is 26.6 Å². The maximum Gasteiger partial charge on any atom is 0.224 e. The van der Waals surface area contributed by atoms with E-state index < -0.39 is 0 Å². The van der Waals surface area contributed by atoms with Crippen molar-refractivity contribution < 1.29 is 14.3 Å². The molecule has 0 bridgehead atoms. The minimum atomic E-state index is -0.0350. The lowest BCUT2D eigenvalue weighted by molar-refractivity contribution is -0.129. The highest BCUT2D eigenvalue weighted by molar-refractivity contribution is 5.78. The van der Waals surface area contributed by atoms with Crippen LogP contribution in [0.4, 0.5) is 0 Å². The minimum Gasteiger partial charge on any atom is -0.497 e. The fourth-order valence-electron chi connectivity index (χ4n) is 2.30. The van der Waals surface area contributed by atoms with Crippen molar-refractivity contribution in [1.82, 2.24) is 10.2 Å². The number of hydrogen-bond donors (Lipinski definition) is 1. The molecule has 0 aromatic heterocycles. The Morgan fingerprint density at radius 2 is 1.83 bits per heavy atom. The van der Waals surface area contributed by atoms with Gasteiger partial charge in [0.25, 0.3) is 0 Å². The molecule has 0 aliphatic heterocycles. The number of rotatable bonds is 10. The van der Waals surface area contributed by atoms with E-state index in [0.717, 1.165) is 37.1 Å². The van der Waals surface area contributed by atoms with Crippen molar-refractivity contribution in [2.45, 2.75) is 39.5 Å². The quantitative estimate of drug-likeness (QED) is 0.674. The summed E-state index contributed by atoms with van der Waals surface area (Å²) in [4.78, 5) is 25.3. The second-order valence-corrected chi connectivity index (χ2v) is 5.59. The zero-order valence-electron chi connectivity index (χ0n) is 14.4. The van der Waals surface area contributed by atoms with Gasteiger partial charge in [-0.25, -0.2) is 0 Å². The summed E-state index contributed by atoms with van der Waals surface area (Å²) in [5.74, 6) is 0.802. The van der Waals surface area contributed by atoms with Crippen LogP contribution < -0.4 is 10.1 Å². The number of nitrogens with one attached hydrogen (secondary N) is 1. The van der Waals surface area contributed by atoms with Crippen LogP contribution in [0.25, 0.3) is 0 Å². The number of ether oxygens (including phenoxy) is 1. The number of amides is 2. The third-order valence-electron chi connectivity index (χ3n) is 3.70. The fraction of sp³-hybridized carbons (Fsp3) is 0.556. The Bertz CT molecular complexity index is 486. The van der Waals surface area contributed by atoms with Crippen molar-refractivity contribution in [3.8, 4) is 5.75 Å². The Morgan fingerprint density at radius 3 is 2.39 bits per heavy atom. The summed E-state index contributed by atoms with van der Waals surface area (Å²) in [6.07, 6.45) is 3.59. The van der Waals surface area contributed by atoms with Gasteiger partial charge in [-0.2, -0.15) is 0 Å². The Hall–Kier alpha value is -2.04. The normalized spacial score (nSPS) is 10.2. The predicted octanol–water partition coefficient (Wildman–Crippen LogP) is 2.39. The summed E-state index contributed by atoms with van der Waals surface area (Å²) in [6, 6.07) is 7.44. The molecule has 23 heavy (non-hydrogen) atoms. The van der Waals surface area contributed by atoms with Crippen molar-refractivity contribution in [2.24, 2.45) is 0 Å². The van der Waals surface area contributed by atoms with Crippen LogP contribution in [0, 0.1) is 0 Å². The lowest BCUT2D eigenvalue weighted by Gasteiger charge is -2.21. The number of hydrogen-bond acceptors (Lipinski definition) is 3. The highest BCUT2D eigenvalue weighted by Gasteiger charge is 2.09. The second-order valence-electron chi connectivity index (χ2n) is 5.59. The van der Waals surface area contributed by atoms with Crippen LogP contribution in [-0.4, -0.2) is 43.5 Å². The smallest absolute Gasteiger partial charge is 0.224 e. The largest absolute Gasteiger partial charge is 0.497 e. The van der Waals surface area contributed by atoms with Gasteiger partial charge >= 0.3 is 0 Å². The van der Waals surface area contributed by atoms with Gasteiger partial charge in [-0.15, -0.1) is 0 Å². The van der Waals surface area contributed by atoms with Crippen LogP contribution >= 0.6 is 0 Å². The van der Waals surface area contributed by atoms with Crippen molar-refractivity contribution >= 4 is 11.8 Å². The van der Waals surface area contributed by atoms with E-state index in [1.54, 1.807) is 18.9 Å². The molecule has 0 radical (unpaired) electrons. The molecule has 0 aliphatic carbocycles. The van der Waals surface area contributed by atoms with Crippen LogP contribution in [0.2, 0.25) is 0 Å². The van der Waals surface area contributed by atoms with E-state index in [4.69, 9.17) is 4.74 Å². The van der Waals surface area contributed by atoms with Crippen molar-refractivity contribution in [3.05, 3.63) is 29.8 Å². The predicted molar refractivity (Wildman–Crippen MR) is 91.5 cm³/mol. The molecule has 5 heteroatoms. The monoisotopic (exact) mass is 320 g/mol. The molecule has 0 aliphatic rings. The van der Waals surface area contributed by atoms with Gasteiger partial charge in [-0.05, 0) is 24.1 Å². The van der Waals surface area contributed by atoms with E-state index in [1.807, 2.05) is 24.3 Å². The zero-order valence-corrected chi connectivity index (χ0v) is 14.4. The molecule has 0 fully saturated rings. The highest BCUT2D eigenvalue weighted by Crippen LogP contribution is 2.11. The van der Waals surface area contributed by atoms with Gasteiger partial charge in [0.2, 0.25) is 11.8 Å². The van der Waals surface area contributed by atoms with E-state index in [9.17, 15) is 9.59 Å². The second kappa shape index (κ2) is 10.6. The van der Waals surface area contributed by atoms with Crippen molar-refractivity contribution in [3.63, 3.8) is 0 Å². The number of carbonyl (C=O) groups excluding carboxylic acids is 2. The first kappa shape index (κ1) is 19.0. The van der Waals surface area contributed by atoms with Crippen molar-refractivity contribution in [1.29, 1.82) is 0 Å². The molecular formula is C18H28N2O3. The van der Waals surface area contributed by atoms with E-state index in [1.165, 1.54) is 0 Å². The Balaban J connectivity index is 2.31. The number of carbonyl (C=O) groups is 2.